The summed E-state index contributed by atoms with van der Waals surface area (Å²) in [4.78, 5) is 13.6. The van der Waals surface area contributed by atoms with Crippen LogP contribution in [0.5, 0.6) is 5.75 Å². The molecule has 3 N–H and O–H groups in total. The molecule has 2 atom stereocenters. The van der Waals surface area contributed by atoms with Gasteiger partial charge in [-0.05, 0) is 19.5 Å². The minimum Gasteiger partial charge on any atom is -0.496 e. The average Bonchev–Trinajstić information content (AvgIpc) is 2.47. The molecule has 0 aromatic heterocycles. The third-order valence-electron chi connectivity index (χ3n) is 3.48. The van der Waals surface area contributed by atoms with Crippen LogP contribution >= 0.6 is 0 Å². The molecule has 0 aliphatic rings. The number of likely N-dealkylation sites (N-methyl/N-ethyl adjacent to an activating group) is 2. The van der Waals surface area contributed by atoms with E-state index in [2.05, 4.69) is 5.32 Å². The van der Waals surface area contributed by atoms with Crippen molar-refractivity contribution < 1.29 is 9.53 Å². The second-order valence-corrected chi connectivity index (χ2v) is 4.85. The second kappa shape index (κ2) is 7.87. The van der Waals surface area contributed by atoms with E-state index in [0.717, 1.165) is 17.7 Å². The quantitative estimate of drug-likeness (QED) is 0.786. The van der Waals surface area contributed by atoms with Crippen LogP contribution in [-0.2, 0) is 4.79 Å². The minimum absolute atomic E-state index is 0.0318. The lowest BCUT2D eigenvalue weighted by Gasteiger charge is -2.33. The first-order valence-electron chi connectivity index (χ1n) is 6.84. The molecule has 0 fully saturated rings. The van der Waals surface area contributed by atoms with Crippen LogP contribution in [0.3, 0.4) is 0 Å². The predicted molar refractivity (Wildman–Crippen MR) is 80.7 cm³/mol. The summed E-state index contributed by atoms with van der Waals surface area (Å²) in [6.07, 6.45) is 0.820. The fourth-order valence-electron chi connectivity index (χ4n) is 2.33. The molecule has 0 spiro atoms. The number of nitrogens with two attached hydrogens (primary N) is 1. The molecule has 5 nitrogen and oxygen atoms in total. The molecule has 0 radical (unpaired) electrons. The van der Waals surface area contributed by atoms with Gasteiger partial charge in [0.05, 0.1) is 19.7 Å². The number of nitrogens with one attached hydrogen (secondary N) is 1. The Kier molecular flexibility index (Phi) is 6.48. The normalized spacial score (nSPS) is 13.9. The second-order valence-electron chi connectivity index (χ2n) is 4.85. The molecule has 112 valence electrons. The van der Waals surface area contributed by atoms with E-state index in [-0.39, 0.29) is 18.0 Å². The van der Waals surface area contributed by atoms with E-state index in [1.807, 2.05) is 43.1 Å². The average molecular weight is 279 g/mol. The predicted octanol–water partition coefficient (Wildman–Crippen LogP) is 1.15. The van der Waals surface area contributed by atoms with Gasteiger partial charge in [-0.1, -0.05) is 25.1 Å². The van der Waals surface area contributed by atoms with Crippen molar-refractivity contribution in [2.24, 2.45) is 5.73 Å². The van der Waals surface area contributed by atoms with E-state index < -0.39 is 0 Å². The first kappa shape index (κ1) is 16.5. The molecule has 0 heterocycles. The maximum Gasteiger partial charge on any atom is 0.233 e. The van der Waals surface area contributed by atoms with E-state index >= 15 is 0 Å². The fourth-order valence-corrected chi connectivity index (χ4v) is 2.33. The molecule has 0 saturated carbocycles. The van der Waals surface area contributed by atoms with Gasteiger partial charge in [-0.3, -0.25) is 9.69 Å². The first-order valence-corrected chi connectivity index (χ1v) is 6.84. The molecular formula is C15H25N3O2. The molecule has 0 bridgehead atoms. The van der Waals surface area contributed by atoms with Crippen LogP contribution in [-0.4, -0.2) is 44.6 Å². The largest absolute Gasteiger partial charge is 0.496 e. The number of hydrogen-bond donors (Lipinski definition) is 2. The molecular weight excluding hydrogens is 254 g/mol. The lowest BCUT2D eigenvalue weighted by molar-refractivity contribution is -0.122. The van der Waals surface area contributed by atoms with Crippen LogP contribution in [0.15, 0.2) is 24.3 Å². The highest BCUT2D eigenvalue weighted by molar-refractivity contribution is 5.77. The number of nitrogens with zero attached hydrogens (tertiary/aromatic N) is 1. The zero-order chi connectivity index (χ0) is 15.1. The number of carbonyl (C=O) groups is 1. The Bertz CT molecular complexity index is 437. The zero-order valence-electron chi connectivity index (χ0n) is 12.7. The number of rotatable bonds is 7. The molecule has 1 rings (SSSR count). The summed E-state index contributed by atoms with van der Waals surface area (Å²) in [6, 6.07) is 7.67. The van der Waals surface area contributed by atoms with Gasteiger partial charge in [-0.15, -0.1) is 0 Å². The van der Waals surface area contributed by atoms with Crippen molar-refractivity contribution in [1.82, 2.24) is 10.2 Å². The van der Waals surface area contributed by atoms with Crippen molar-refractivity contribution in [3.05, 3.63) is 29.8 Å². The van der Waals surface area contributed by atoms with Crippen LogP contribution in [0.2, 0.25) is 0 Å². The van der Waals surface area contributed by atoms with Gasteiger partial charge in [0.15, 0.2) is 0 Å². The first-order chi connectivity index (χ1) is 9.54. The van der Waals surface area contributed by atoms with Crippen molar-refractivity contribution in [2.45, 2.75) is 25.4 Å². The summed E-state index contributed by atoms with van der Waals surface area (Å²) in [5.74, 6) is 0.765. The van der Waals surface area contributed by atoms with Crippen molar-refractivity contribution >= 4 is 5.91 Å². The van der Waals surface area contributed by atoms with E-state index in [4.69, 9.17) is 10.5 Å². The zero-order valence-corrected chi connectivity index (χ0v) is 12.7. The molecule has 0 aliphatic heterocycles. The summed E-state index contributed by atoms with van der Waals surface area (Å²) in [6.45, 7) is 2.34. The van der Waals surface area contributed by atoms with Gasteiger partial charge in [0.2, 0.25) is 5.91 Å². The third-order valence-corrected chi connectivity index (χ3v) is 3.48. The number of amides is 1. The van der Waals surface area contributed by atoms with Crippen molar-refractivity contribution in [3.8, 4) is 5.75 Å². The van der Waals surface area contributed by atoms with Gasteiger partial charge < -0.3 is 15.8 Å². The highest BCUT2D eigenvalue weighted by Crippen LogP contribution is 2.31. The van der Waals surface area contributed by atoms with Crippen LogP contribution in [0.25, 0.3) is 0 Å². The Hall–Kier alpha value is -1.59. The summed E-state index contributed by atoms with van der Waals surface area (Å²) in [5.41, 5.74) is 7.27. The molecule has 1 aromatic carbocycles. The number of para-hydroxylation sites is 1. The Labute approximate surface area is 121 Å². The lowest BCUT2D eigenvalue weighted by atomic mass is 9.95. The Morgan fingerprint density at radius 2 is 2.10 bits per heavy atom. The van der Waals surface area contributed by atoms with Crippen LogP contribution < -0.4 is 15.8 Å². The Morgan fingerprint density at radius 1 is 1.45 bits per heavy atom. The van der Waals surface area contributed by atoms with E-state index in [9.17, 15) is 4.79 Å². The van der Waals surface area contributed by atoms with Crippen molar-refractivity contribution in [1.29, 1.82) is 0 Å². The van der Waals surface area contributed by atoms with Crippen molar-refractivity contribution in [2.75, 3.05) is 27.7 Å². The molecule has 20 heavy (non-hydrogen) atoms. The third kappa shape index (κ3) is 3.95. The van der Waals surface area contributed by atoms with Gasteiger partial charge in [0, 0.05) is 18.7 Å². The molecule has 2 unspecified atom stereocenters. The van der Waals surface area contributed by atoms with Gasteiger partial charge in [-0.2, -0.15) is 0 Å². The molecule has 5 heteroatoms. The Morgan fingerprint density at radius 3 is 2.65 bits per heavy atom. The Balaban J connectivity index is 3.08. The summed E-state index contributed by atoms with van der Waals surface area (Å²) >= 11 is 0. The lowest BCUT2D eigenvalue weighted by Crippen LogP contribution is -2.43. The van der Waals surface area contributed by atoms with E-state index in [1.165, 1.54) is 0 Å². The molecule has 1 aromatic rings. The minimum atomic E-state index is -0.0686. The number of carbonyl (C=O) groups excluding carboxylic acids is 1. The van der Waals surface area contributed by atoms with Crippen LogP contribution in [0.1, 0.15) is 24.9 Å². The summed E-state index contributed by atoms with van der Waals surface area (Å²) in [7, 11) is 5.18. The standard InChI is InChI=1S/C15H25N3O2/c1-5-12(16)15(18(3)10-14(19)17-2)11-8-6-7-9-13(11)20-4/h6-9,12,15H,5,10,16H2,1-4H3,(H,17,19). The smallest absolute Gasteiger partial charge is 0.233 e. The number of methoxy groups -OCH3 is 1. The summed E-state index contributed by atoms with van der Waals surface area (Å²) < 4.78 is 5.42. The number of ether oxygens (including phenoxy) is 1. The topological polar surface area (TPSA) is 67.6 Å². The SMILES string of the molecule is CCC(N)C(c1ccccc1OC)N(C)CC(=O)NC. The van der Waals surface area contributed by atoms with Gasteiger partial charge in [0.25, 0.3) is 0 Å². The summed E-state index contributed by atoms with van der Waals surface area (Å²) in [5, 5.41) is 2.64. The molecule has 1 amide bonds. The highest BCUT2D eigenvalue weighted by Gasteiger charge is 2.26. The maximum atomic E-state index is 11.6. The van der Waals surface area contributed by atoms with Gasteiger partial charge >= 0.3 is 0 Å². The molecule has 0 saturated heterocycles. The van der Waals surface area contributed by atoms with Crippen molar-refractivity contribution in [3.63, 3.8) is 0 Å². The van der Waals surface area contributed by atoms with E-state index in [0.29, 0.717) is 6.54 Å². The molecule has 0 aliphatic carbocycles. The van der Waals surface area contributed by atoms with Gasteiger partial charge in [-0.25, -0.2) is 0 Å². The van der Waals surface area contributed by atoms with E-state index in [1.54, 1.807) is 14.2 Å². The maximum absolute atomic E-state index is 11.6. The number of hydrogen-bond acceptors (Lipinski definition) is 4. The van der Waals surface area contributed by atoms with Crippen LogP contribution in [0.4, 0.5) is 0 Å². The fraction of sp³-hybridized carbons (Fsp3) is 0.533. The highest BCUT2D eigenvalue weighted by atomic mass is 16.5. The van der Waals surface area contributed by atoms with Crippen LogP contribution in [0, 0.1) is 0 Å². The number of benzene rings is 1. The van der Waals surface area contributed by atoms with Gasteiger partial charge in [0.1, 0.15) is 5.75 Å². The monoisotopic (exact) mass is 279 g/mol.